The second-order valence-electron chi connectivity index (χ2n) is 4.85. The Morgan fingerprint density at radius 2 is 2.05 bits per heavy atom. The molecule has 21 heavy (non-hydrogen) atoms. The highest BCUT2D eigenvalue weighted by atomic mass is 35.5. The maximum Gasteiger partial charge on any atom is 0.191 e. The molecule has 0 radical (unpaired) electrons. The topological polar surface area (TPSA) is 66.0 Å². The Morgan fingerprint density at radius 3 is 2.71 bits per heavy atom. The van der Waals surface area contributed by atoms with Gasteiger partial charge in [-0.25, -0.2) is 0 Å². The number of hydrogen-bond acceptors (Lipinski definition) is 5. The second kappa shape index (κ2) is 6.68. The van der Waals surface area contributed by atoms with Gasteiger partial charge in [-0.3, -0.25) is 0 Å². The molecule has 0 saturated heterocycles. The zero-order chi connectivity index (χ0) is 14.7. The van der Waals surface area contributed by atoms with Crippen molar-refractivity contribution in [1.29, 1.82) is 0 Å². The number of thioether (sulfide) groups is 1. The van der Waals surface area contributed by atoms with Crippen LogP contribution >= 0.6 is 23.4 Å². The summed E-state index contributed by atoms with van der Waals surface area (Å²) >= 11 is 7.49. The Kier molecular flexibility index (Phi) is 4.67. The van der Waals surface area contributed by atoms with Gasteiger partial charge in [0.2, 0.25) is 0 Å². The number of halogens is 1. The number of hydrogen-bond donors (Lipinski definition) is 1. The molecular formula is C14H17ClN4OS. The van der Waals surface area contributed by atoms with Crippen LogP contribution in [0.1, 0.15) is 24.7 Å². The van der Waals surface area contributed by atoms with Gasteiger partial charge in [-0.1, -0.05) is 23.4 Å². The highest BCUT2D eigenvalue weighted by molar-refractivity contribution is 7.99. The normalized spacial score (nSPS) is 14.4. The number of benzene rings is 1. The lowest BCUT2D eigenvalue weighted by Crippen LogP contribution is -2.08. The Morgan fingerprint density at radius 1 is 1.29 bits per heavy atom. The van der Waals surface area contributed by atoms with E-state index in [4.69, 9.17) is 22.1 Å². The van der Waals surface area contributed by atoms with Gasteiger partial charge in [-0.2, -0.15) is 0 Å². The predicted octanol–water partition coefficient (Wildman–Crippen LogP) is 2.90. The third kappa shape index (κ3) is 3.70. The van der Waals surface area contributed by atoms with Gasteiger partial charge in [-0.15, -0.1) is 10.2 Å². The number of nitrogens with two attached hydrogens (primary N) is 1. The van der Waals surface area contributed by atoms with Crippen LogP contribution in [0.4, 0.5) is 0 Å². The number of rotatable bonds is 7. The van der Waals surface area contributed by atoms with E-state index in [9.17, 15) is 0 Å². The molecule has 1 aromatic heterocycles. The van der Waals surface area contributed by atoms with Crippen LogP contribution in [0.15, 0.2) is 29.4 Å². The summed E-state index contributed by atoms with van der Waals surface area (Å²) in [5.41, 5.74) is 5.70. The van der Waals surface area contributed by atoms with Gasteiger partial charge < -0.3 is 15.0 Å². The van der Waals surface area contributed by atoms with Gasteiger partial charge in [0.15, 0.2) is 5.16 Å². The number of aromatic nitrogens is 3. The summed E-state index contributed by atoms with van der Waals surface area (Å²) in [7, 11) is 0. The summed E-state index contributed by atoms with van der Waals surface area (Å²) < 4.78 is 7.84. The van der Waals surface area contributed by atoms with Crippen LogP contribution in [-0.2, 0) is 6.54 Å². The van der Waals surface area contributed by atoms with Crippen molar-refractivity contribution in [2.45, 2.75) is 30.6 Å². The molecular weight excluding hydrogens is 308 g/mol. The average Bonchev–Trinajstić information content (AvgIpc) is 3.26. The van der Waals surface area contributed by atoms with Crippen LogP contribution in [0.25, 0.3) is 0 Å². The molecule has 112 valence electrons. The lowest BCUT2D eigenvalue weighted by atomic mass is 10.3. The minimum absolute atomic E-state index is 0.436. The molecule has 0 spiro atoms. The second-order valence-corrected chi connectivity index (χ2v) is 6.35. The smallest absolute Gasteiger partial charge is 0.191 e. The Labute approximate surface area is 132 Å². The van der Waals surface area contributed by atoms with Crippen molar-refractivity contribution in [1.82, 2.24) is 14.8 Å². The first kappa shape index (κ1) is 14.7. The van der Waals surface area contributed by atoms with Crippen molar-refractivity contribution < 1.29 is 4.74 Å². The molecule has 0 atom stereocenters. The molecule has 7 heteroatoms. The summed E-state index contributed by atoms with van der Waals surface area (Å²) in [4.78, 5) is 0. The van der Waals surface area contributed by atoms with E-state index in [-0.39, 0.29) is 0 Å². The Bertz CT molecular complexity index is 598. The van der Waals surface area contributed by atoms with Gasteiger partial charge in [0.1, 0.15) is 11.6 Å². The van der Waals surface area contributed by atoms with Crippen molar-refractivity contribution in [2.24, 2.45) is 5.73 Å². The molecule has 1 aliphatic rings. The molecule has 2 N–H and O–H groups in total. The molecule has 0 unspecified atom stereocenters. The van der Waals surface area contributed by atoms with Crippen LogP contribution < -0.4 is 10.5 Å². The zero-order valence-corrected chi connectivity index (χ0v) is 13.1. The van der Waals surface area contributed by atoms with E-state index >= 15 is 0 Å². The predicted molar refractivity (Wildman–Crippen MR) is 83.9 cm³/mol. The summed E-state index contributed by atoms with van der Waals surface area (Å²) in [6.45, 7) is 1.05. The fraction of sp³-hybridized carbons (Fsp3) is 0.429. The monoisotopic (exact) mass is 324 g/mol. The van der Waals surface area contributed by atoms with Crippen molar-refractivity contribution in [3.05, 3.63) is 35.1 Å². The third-order valence-electron chi connectivity index (χ3n) is 3.23. The summed E-state index contributed by atoms with van der Waals surface area (Å²) in [6, 6.07) is 7.92. The molecule has 1 aromatic carbocycles. The molecule has 0 aliphatic heterocycles. The fourth-order valence-electron chi connectivity index (χ4n) is 2.07. The number of nitrogens with zero attached hydrogens (tertiary/aromatic N) is 3. The van der Waals surface area contributed by atoms with Crippen LogP contribution in [0.3, 0.4) is 0 Å². The van der Waals surface area contributed by atoms with Crippen LogP contribution in [0, 0.1) is 0 Å². The standard InChI is InChI=1S/C14H17ClN4OS/c15-10-1-5-12(6-2-10)20-7-8-21-14-18-17-13(9-16)19(14)11-3-4-11/h1-2,5-6,11H,3-4,7-9,16H2. The van der Waals surface area contributed by atoms with E-state index in [1.165, 1.54) is 12.8 Å². The molecule has 1 saturated carbocycles. The molecule has 5 nitrogen and oxygen atoms in total. The van der Waals surface area contributed by atoms with Gasteiger partial charge in [0, 0.05) is 16.8 Å². The highest BCUT2D eigenvalue weighted by Crippen LogP contribution is 2.38. The van der Waals surface area contributed by atoms with E-state index in [2.05, 4.69) is 14.8 Å². The van der Waals surface area contributed by atoms with Crippen molar-refractivity contribution in [2.75, 3.05) is 12.4 Å². The van der Waals surface area contributed by atoms with E-state index in [0.717, 1.165) is 22.5 Å². The van der Waals surface area contributed by atoms with Gasteiger partial charge in [0.05, 0.1) is 13.2 Å². The van der Waals surface area contributed by atoms with Crippen molar-refractivity contribution in [3.8, 4) is 5.75 Å². The first-order valence-electron chi connectivity index (χ1n) is 6.93. The molecule has 1 aliphatic carbocycles. The zero-order valence-electron chi connectivity index (χ0n) is 11.5. The van der Waals surface area contributed by atoms with Crippen LogP contribution in [0.5, 0.6) is 5.75 Å². The third-order valence-corrected chi connectivity index (χ3v) is 4.39. The summed E-state index contributed by atoms with van der Waals surface area (Å²) in [6.07, 6.45) is 2.39. The average molecular weight is 325 g/mol. The lowest BCUT2D eigenvalue weighted by Gasteiger charge is -2.08. The molecule has 2 aromatic rings. The number of ether oxygens (including phenoxy) is 1. The quantitative estimate of drug-likeness (QED) is 0.626. The van der Waals surface area contributed by atoms with E-state index in [1.807, 2.05) is 24.3 Å². The van der Waals surface area contributed by atoms with Crippen LogP contribution in [-0.4, -0.2) is 27.1 Å². The van der Waals surface area contributed by atoms with Gasteiger partial charge >= 0.3 is 0 Å². The SMILES string of the molecule is NCc1nnc(SCCOc2ccc(Cl)cc2)n1C1CC1. The van der Waals surface area contributed by atoms with E-state index in [1.54, 1.807) is 11.8 Å². The molecule has 1 fully saturated rings. The fourth-order valence-corrected chi connectivity index (χ4v) is 3.04. The lowest BCUT2D eigenvalue weighted by molar-refractivity contribution is 0.344. The minimum atomic E-state index is 0.436. The first-order valence-corrected chi connectivity index (χ1v) is 8.29. The summed E-state index contributed by atoms with van der Waals surface area (Å²) in [5, 5.41) is 10.0. The molecule has 0 amide bonds. The van der Waals surface area contributed by atoms with Crippen molar-refractivity contribution >= 4 is 23.4 Å². The van der Waals surface area contributed by atoms with Crippen LogP contribution in [0.2, 0.25) is 5.02 Å². The largest absolute Gasteiger partial charge is 0.493 e. The molecule has 1 heterocycles. The van der Waals surface area contributed by atoms with E-state index < -0.39 is 0 Å². The van der Waals surface area contributed by atoms with Crippen molar-refractivity contribution in [3.63, 3.8) is 0 Å². The van der Waals surface area contributed by atoms with E-state index in [0.29, 0.717) is 24.2 Å². The maximum absolute atomic E-state index is 5.83. The Hall–Kier alpha value is -1.24. The first-order chi connectivity index (χ1) is 10.3. The molecule has 3 rings (SSSR count). The van der Waals surface area contributed by atoms with Gasteiger partial charge in [-0.05, 0) is 37.1 Å². The highest BCUT2D eigenvalue weighted by Gasteiger charge is 2.29. The minimum Gasteiger partial charge on any atom is -0.493 e. The Balaban J connectivity index is 1.51. The molecule has 0 bridgehead atoms. The maximum atomic E-state index is 5.83. The van der Waals surface area contributed by atoms with Gasteiger partial charge in [0.25, 0.3) is 0 Å². The summed E-state index contributed by atoms with van der Waals surface area (Å²) in [5.74, 6) is 2.52.